The molecule has 0 fully saturated rings. The summed E-state index contributed by atoms with van der Waals surface area (Å²) >= 11 is 0. The predicted octanol–water partition coefficient (Wildman–Crippen LogP) is 5.95. The Kier molecular flexibility index (Phi) is 12.0. The van der Waals surface area contributed by atoms with Crippen molar-refractivity contribution in [2.24, 2.45) is 11.7 Å². The number of hydrogen-bond acceptors (Lipinski definition) is 1. The highest BCUT2D eigenvalue weighted by molar-refractivity contribution is 5.07. The molecule has 0 rings (SSSR count). The second-order valence-corrected chi connectivity index (χ2v) is 6.17. The largest absolute Gasteiger partial charge is 0.327 e. The Morgan fingerprint density at radius 2 is 1.43 bits per heavy atom. The quantitative estimate of drug-likeness (QED) is 0.494. The van der Waals surface area contributed by atoms with Crippen LogP contribution in [0.15, 0.2) is 47.1 Å². The predicted molar refractivity (Wildman–Crippen MR) is 97.4 cm³/mol. The molecule has 1 unspecified atom stereocenters. The fraction of sp³-hybridized carbons (Fsp3) is 0.600. The number of nitrogens with two attached hydrogens (primary N) is 1. The van der Waals surface area contributed by atoms with E-state index in [2.05, 4.69) is 65.0 Å². The Bertz CT molecular complexity index is 383. The molecule has 1 atom stereocenters. The van der Waals surface area contributed by atoms with Gasteiger partial charge in [-0.1, -0.05) is 54.0 Å². The molecule has 2 N–H and O–H groups in total. The lowest BCUT2D eigenvalue weighted by Gasteiger charge is -2.06. The minimum absolute atomic E-state index is 0.653. The lowest BCUT2D eigenvalue weighted by Crippen LogP contribution is -1.94. The summed E-state index contributed by atoms with van der Waals surface area (Å²) in [7, 11) is 0. The molecule has 0 saturated carbocycles. The second kappa shape index (κ2) is 12.6. The normalized spacial score (nSPS) is 15.8. The molecule has 0 aromatic rings. The topological polar surface area (TPSA) is 26.0 Å². The van der Waals surface area contributed by atoms with Crippen LogP contribution in [0.4, 0.5) is 0 Å². The van der Waals surface area contributed by atoms with E-state index in [1.165, 1.54) is 29.6 Å². The molecule has 0 aliphatic rings. The lowest BCUT2D eigenvalue weighted by atomic mass is 10.00. The van der Waals surface area contributed by atoms with Crippen molar-refractivity contribution in [3.05, 3.63) is 47.1 Å². The second-order valence-electron chi connectivity index (χ2n) is 6.17. The summed E-state index contributed by atoms with van der Waals surface area (Å²) in [5.41, 5.74) is 9.91. The molecule has 0 aromatic carbocycles. The van der Waals surface area contributed by atoms with E-state index >= 15 is 0 Å². The average Bonchev–Trinajstić information content (AvgIpc) is 2.39. The molecule has 1 heteroatoms. The van der Waals surface area contributed by atoms with E-state index in [0.29, 0.717) is 12.5 Å². The van der Waals surface area contributed by atoms with E-state index in [-0.39, 0.29) is 0 Å². The molecule has 0 radical (unpaired) electrons. The van der Waals surface area contributed by atoms with Gasteiger partial charge in [-0.05, 0) is 65.7 Å². The first-order valence-corrected chi connectivity index (χ1v) is 8.29. The molecule has 0 aliphatic carbocycles. The molecular weight excluding hydrogens is 254 g/mol. The van der Waals surface area contributed by atoms with Gasteiger partial charge in [-0.3, -0.25) is 0 Å². The van der Waals surface area contributed by atoms with Crippen LogP contribution in [-0.2, 0) is 0 Å². The third kappa shape index (κ3) is 12.4. The standard InChI is InChI=1S/C20H35N/c1-6-9-19(4)16-20(5)13-8-11-17(2)10-7-12-18(3)14-15-21/h6,9-10,13-14,19H,7-8,11-12,15-16,21H2,1-5H3/b9-6?,17-10+,18-14+,20-13+. The third-order valence-electron chi connectivity index (χ3n) is 3.69. The van der Waals surface area contributed by atoms with Crippen LogP contribution in [0.5, 0.6) is 0 Å². The van der Waals surface area contributed by atoms with Gasteiger partial charge in [0.15, 0.2) is 0 Å². The van der Waals surface area contributed by atoms with E-state index < -0.39 is 0 Å². The van der Waals surface area contributed by atoms with Crippen LogP contribution in [-0.4, -0.2) is 6.54 Å². The minimum Gasteiger partial charge on any atom is -0.327 e. The van der Waals surface area contributed by atoms with Crippen LogP contribution in [0.3, 0.4) is 0 Å². The van der Waals surface area contributed by atoms with Gasteiger partial charge in [0.2, 0.25) is 0 Å². The molecule has 0 saturated heterocycles. The Morgan fingerprint density at radius 3 is 1.95 bits per heavy atom. The lowest BCUT2D eigenvalue weighted by molar-refractivity contribution is 0.711. The highest BCUT2D eigenvalue weighted by Gasteiger charge is 1.98. The first kappa shape index (κ1) is 19.9. The Morgan fingerprint density at radius 1 is 0.905 bits per heavy atom. The zero-order valence-electron chi connectivity index (χ0n) is 14.8. The van der Waals surface area contributed by atoms with Crippen LogP contribution >= 0.6 is 0 Å². The first-order chi connectivity index (χ1) is 9.99. The molecular formula is C20H35N. The minimum atomic E-state index is 0.653. The van der Waals surface area contributed by atoms with Crippen molar-refractivity contribution in [1.29, 1.82) is 0 Å². The van der Waals surface area contributed by atoms with E-state index in [9.17, 15) is 0 Å². The summed E-state index contributed by atoms with van der Waals surface area (Å²) in [6, 6.07) is 0. The molecule has 1 nitrogen and oxygen atoms in total. The van der Waals surface area contributed by atoms with Gasteiger partial charge in [0.1, 0.15) is 0 Å². The van der Waals surface area contributed by atoms with Gasteiger partial charge in [-0.2, -0.15) is 0 Å². The molecule has 0 aromatic heterocycles. The van der Waals surface area contributed by atoms with E-state index in [4.69, 9.17) is 5.73 Å². The van der Waals surface area contributed by atoms with Crippen molar-refractivity contribution >= 4 is 0 Å². The number of rotatable bonds is 10. The van der Waals surface area contributed by atoms with Gasteiger partial charge in [0, 0.05) is 6.54 Å². The highest BCUT2D eigenvalue weighted by atomic mass is 14.5. The molecule has 0 aliphatic heterocycles. The van der Waals surface area contributed by atoms with Crippen LogP contribution in [0, 0.1) is 5.92 Å². The molecule has 0 heterocycles. The summed E-state index contributed by atoms with van der Waals surface area (Å²) in [6.07, 6.45) is 17.1. The zero-order chi connectivity index (χ0) is 16.1. The van der Waals surface area contributed by atoms with Crippen molar-refractivity contribution in [3.8, 4) is 0 Å². The average molecular weight is 290 g/mol. The van der Waals surface area contributed by atoms with Crippen LogP contribution < -0.4 is 5.73 Å². The van der Waals surface area contributed by atoms with Gasteiger partial charge in [0.25, 0.3) is 0 Å². The van der Waals surface area contributed by atoms with Crippen LogP contribution in [0.25, 0.3) is 0 Å². The monoisotopic (exact) mass is 289 g/mol. The van der Waals surface area contributed by atoms with Crippen LogP contribution in [0.2, 0.25) is 0 Å². The summed E-state index contributed by atoms with van der Waals surface area (Å²) in [5, 5.41) is 0. The molecule has 0 bridgehead atoms. The Labute approximate surface area is 132 Å². The summed E-state index contributed by atoms with van der Waals surface area (Å²) in [5.74, 6) is 0.653. The summed E-state index contributed by atoms with van der Waals surface area (Å²) in [4.78, 5) is 0. The smallest absolute Gasteiger partial charge is 0.0109 e. The number of hydrogen-bond donors (Lipinski definition) is 1. The zero-order valence-corrected chi connectivity index (χ0v) is 14.8. The van der Waals surface area contributed by atoms with Gasteiger partial charge in [-0.15, -0.1) is 0 Å². The molecule has 0 amide bonds. The highest BCUT2D eigenvalue weighted by Crippen LogP contribution is 2.15. The Balaban J connectivity index is 4.01. The van der Waals surface area contributed by atoms with Gasteiger partial charge in [0.05, 0.1) is 0 Å². The Hall–Kier alpha value is -1.08. The van der Waals surface area contributed by atoms with Crippen molar-refractivity contribution in [2.75, 3.05) is 6.54 Å². The van der Waals surface area contributed by atoms with Gasteiger partial charge >= 0.3 is 0 Å². The van der Waals surface area contributed by atoms with Gasteiger partial charge in [-0.25, -0.2) is 0 Å². The van der Waals surface area contributed by atoms with Crippen molar-refractivity contribution in [1.82, 2.24) is 0 Å². The number of allylic oxidation sites excluding steroid dienone is 7. The maximum absolute atomic E-state index is 5.51. The maximum Gasteiger partial charge on any atom is 0.0109 e. The van der Waals surface area contributed by atoms with Gasteiger partial charge < -0.3 is 5.73 Å². The SMILES string of the molecule is CC=CC(C)C/C(C)=C/CC/C(C)=C/CC/C(C)=C/CN. The molecule has 120 valence electrons. The van der Waals surface area contributed by atoms with E-state index in [1.807, 2.05) is 0 Å². The fourth-order valence-electron chi connectivity index (χ4n) is 2.49. The maximum atomic E-state index is 5.51. The van der Waals surface area contributed by atoms with Crippen molar-refractivity contribution < 1.29 is 0 Å². The first-order valence-electron chi connectivity index (χ1n) is 8.29. The molecule has 21 heavy (non-hydrogen) atoms. The summed E-state index contributed by atoms with van der Waals surface area (Å²) < 4.78 is 0. The third-order valence-corrected chi connectivity index (χ3v) is 3.69. The molecule has 0 spiro atoms. The van der Waals surface area contributed by atoms with Crippen molar-refractivity contribution in [3.63, 3.8) is 0 Å². The summed E-state index contributed by atoms with van der Waals surface area (Å²) in [6.45, 7) is 11.7. The van der Waals surface area contributed by atoms with E-state index in [1.54, 1.807) is 0 Å². The van der Waals surface area contributed by atoms with Crippen LogP contribution in [0.1, 0.15) is 66.7 Å². The fourth-order valence-corrected chi connectivity index (χ4v) is 2.49. The van der Waals surface area contributed by atoms with Crippen molar-refractivity contribution in [2.45, 2.75) is 66.7 Å². The van der Waals surface area contributed by atoms with E-state index in [0.717, 1.165) is 19.3 Å².